The van der Waals surface area contributed by atoms with Gasteiger partial charge in [0, 0.05) is 10.7 Å². The standard InChI is InChI=1S/C26H28ClN3O4/c1-4-33-22-11-8-12-23(34-5-2)26(22)30-25(32)16-24(31)29-20-14-13-18(27)15-21(20)28-19-10-7-6-9-17(19)3/h6-15,28H,4-5,16H2,1-3H3,(H,29,31)(H,30,32). The first-order valence-electron chi connectivity index (χ1n) is 11.0. The first kappa shape index (κ1) is 24.9. The lowest BCUT2D eigenvalue weighted by Gasteiger charge is -2.17. The van der Waals surface area contributed by atoms with Gasteiger partial charge in [-0.05, 0) is 62.7 Å². The normalized spacial score (nSPS) is 10.4. The van der Waals surface area contributed by atoms with E-state index in [9.17, 15) is 9.59 Å². The van der Waals surface area contributed by atoms with Gasteiger partial charge in [-0.2, -0.15) is 0 Å². The zero-order chi connectivity index (χ0) is 24.5. The lowest BCUT2D eigenvalue weighted by molar-refractivity contribution is -0.123. The van der Waals surface area contributed by atoms with Crippen LogP contribution in [0.1, 0.15) is 25.8 Å². The van der Waals surface area contributed by atoms with Gasteiger partial charge in [0.05, 0.1) is 24.6 Å². The maximum atomic E-state index is 12.7. The number of nitrogens with one attached hydrogen (secondary N) is 3. The van der Waals surface area contributed by atoms with Crippen LogP contribution >= 0.6 is 11.6 Å². The van der Waals surface area contributed by atoms with Gasteiger partial charge in [0.1, 0.15) is 23.6 Å². The van der Waals surface area contributed by atoms with E-state index in [0.29, 0.717) is 46.8 Å². The second-order valence-corrected chi connectivity index (χ2v) is 7.83. The van der Waals surface area contributed by atoms with Crippen LogP contribution in [-0.2, 0) is 9.59 Å². The molecule has 3 aromatic carbocycles. The minimum atomic E-state index is -0.493. The molecule has 0 saturated heterocycles. The zero-order valence-corrected chi connectivity index (χ0v) is 20.2. The second kappa shape index (κ2) is 12.0. The summed E-state index contributed by atoms with van der Waals surface area (Å²) in [5.41, 5.74) is 3.45. The van der Waals surface area contributed by atoms with Crippen molar-refractivity contribution >= 4 is 46.2 Å². The van der Waals surface area contributed by atoms with Crippen LogP contribution < -0.4 is 25.4 Å². The van der Waals surface area contributed by atoms with Crippen LogP contribution in [0.4, 0.5) is 22.7 Å². The average molecular weight is 482 g/mol. The first-order valence-corrected chi connectivity index (χ1v) is 11.4. The molecule has 0 fully saturated rings. The average Bonchev–Trinajstić information content (AvgIpc) is 2.79. The number of anilines is 4. The van der Waals surface area contributed by atoms with Gasteiger partial charge in [-0.15, -0.1) is 0 Å². The van der Waals surface area contributed by atoms with Crippen molar-refractivity contribution in [2.75, 3.05) is 29.2 Å². The van der Waals surface area contributed by atoms with E-state index in [2.05, 4.69) is 16.0 Å². The fourth-order valence-electron chi connectivity index (χ4n) is 3.30. The molecule has 0 bridgehead atoms. The molecule has 0 saturated carbocycles. The van der Waals surface area contributed by atoms with Crippen molar-refractivity contribution < 1.29 is 19.1 Å². The molecule has 178 valence electrons. The highest BCUT2D eigenvalue weighted by atomic mass is 35.5. The first-order chi connectivity index (χ1) is 16.4. The molecular formula is C26H28ClN3O4. The third-order valence-corrected chi connectivity index (χ3v) is 5.08. The fourth-order valence-corrected chi connectivity index (χ4v) is 3.47. The monoisotopic (exact) mass is 481 g/mol. The summed E-state index contributed by atoms with van der Waals surface area (Å²) in [6.45, 7) is 6.52. The predicted octanol–water partition coefficient (Wildman–Crippen LogP) is 6.16. The smallest absolute Gasteiger partial charge is 0.234 e. The van der Waals surface area contributed by atoms with Crippen molar-refractivity contribution in [2.45, 2.75) is 27.2 Å². The molecular weight excluding hydrogens is 454 g/mol. The molecule has 0 aliphatic carbocycles. The number of benzene rings is 3. The number of hydrogen-bond donors (Lipinski definition) is 3. The van der Waals surface area contributed by atoms with Crippen molar-refractivity contribution in [2.24, 2.45) is 0 Å². The summed E-state index contributed by atoms with van der Waals surface area (Å²) in [5.74, 6) is -0.0123. The maximum Gasteiger partial charge on any atom is 0.234 e. The van der Waals surface area contributed by atoms with Gasteiger partial charge in [-0.1, -0.05) is 35.9 Å². The minimum Gasteiger partial charge on any atom is -0.492 e. The number of halogens is 1. The molecule has 3 rings (SSSR count). The lowest BCUT2D eigenvalue weighted by Crippen LogP contribution is -2.22. The van der Waals surface area contributed by atoms with Crippen molar-refractivity contribution in [3.63, 3.8) is 0 Å². The van der Waals surface area contributed by atoms with Gasteiger partial charge in [-0.25, -0.2) is 0 Å². The van der Waals surface area contributed by atoms with E-state index in [-0.39, 0.29) is 0 Å². The van der Waals surface area contributed by atoms with Crippen LogP contribution in [-0.4, -0.2) is 25.0 Å². The molecule has 0 aromatic heterocycles. The summed E-state index contributed by atoms with van der Waals surface area (Å²) in [6, 6.07) is 18.1. The van der Waals surface area contributed by atoms with Crippen LogP contribution in [0.3, 0.4) is 0 Å². The fraction of sp³-hybridized carbons (Fsp3) is 0.231. The Balaban J connectivity index is 1.72. The third-order valence-electron chi connectivity index (χ3n) is 4.84. The molecule has 34 heavy (non-hydrogen) atoms. The molecule has 8 heteroatoms. The quantitative estimate of drug-likeness (QED) is 0.302. The highest BCUT2D eigenvalue weighted by Gasteiger charge is 2.17. The Labute approximate surface area is 204 Å². The predicted molar refractivity (Wildman–Crippen MR) is 137 cm³/mol. The molecule has 0 unspecified atom stereocenters. The minimum absolute atomic E-state index is 0.390. The zero-order valence-electron chi connectivity index (χ0n) is 19.4. The number of aryl methyl sites for hydroxylation is 1. The number of rotatable bonds is 10. The summed E-state index contributed by atoms with van der Waals surface area (Å²) < 4.78 is 11.2. The molecule has 0 aliphatic rings. The number of para-hydroxylation sites is 2. The van der Waals surface area contributed by atoms with Crippen molar-refractivity contribution in [1.82, 2.24) is 0 Å². The van der Waals surface area contributed by atoms with Gasteiger partial charge < -0.3 is 25.4 Å². The Bertz CT molecular complexity index is 1140. The largest absolute Gasteiger partial charge is 0.492 e. The Morgan fingerprint density at radius 2 is 1.44 bits per heavy atom. The van der Waals surface area contributed by atoms with E-state index in [1.807, 2.05) is 45.0 Å². The second-order valence-electron chi connectivity index (χ2n) is 7.40. The van der Waals surface area contributed by atoms with Gasteiger partial charge in [-0.3, -0.25) is 9.59 Å². The summed E-state index contributed by atoms with van der Waals surface area (Å²) in [5, 5.41) is 9.35. The lowest BCUT2D eigenvalue weighted by atomic mass is 10.2. The van der Waals surface area contributed by atoms with Crippen molar-refractivity contribution in [3.05, 3.63) is 71.2 Å². The van der Waals surface area contributed by atoms with Gasteiger partial charge in [0.25, 0.3) is 0 Å². The number of hydrogen-bond acceptors (Lipinski definition) is 5. The van der Waals surface area contributed by atoms with Crippen LogP contribution in [0.2, 0.25) is 5.02 Å². The van der Waals surface area contributed by atoms with Crippen LogP contribution in [0.5, 0.6) is 11.5 Å². The van der Waals surface area contributed by atoms with Gasteiger partial charge >= 0.3 is 0 Å². The SMILES string of the molecule is CCOc1cccc(OCC)c1NC(=O)CC(=O)Nc1ccc(Cl)cc1Nc1ccccc1C. The highest BCUT2D eigenvalue weighted by molar-refractivity contribution is 6.31. The third kappa shape index (κ3) is 6.65. The number of ether oxygens (including phenoxy) is 2. The van der Waals surface area contributed by atoms with Crippen LogP contribution in [0, 0.1) is 6.92 Å². The number of carbonyl (C=O) groups is 2. The molecule has 3 N–H and O–H groups in total. The highest BCUT2D eigenvalue weighted by Crippen LogP contribution is 2.35. The van der Waals surface area contributed by atoms with E-state index in [1.165, 1.54) is 0 Å². The Morgan fingerprint density at radius 3 is 2.09 bits per heavy atom. The molecule has 0 atom stereocenters. The van der Waals surface area contributed by atoms with Crippen molar-refractivity contribution in [1.29, 1.82) is 0 Å². The van der Waals surface area contributed by atoms with E-state index in [0.717, 1.165) is 11.3 Å². The van der Waals surface area contributed by atoms with E-state index < -0.39 is 18.2 Å². The van der Waals surface area contributed by atoms with E-state index >= 15 is 0 Å². The van der Waals surface area contributed by atoms with E-state index in [1.54, 1.807) is 36.4 Å². The van der Waals surface area contributed by atoms with E-state index in [4.69, 9.17) is 21.1 Å². The molecule has 0 heterocycles. The number of carbonyl (C=O) groups excluding carboxylic acids is 2. The Kier molecular flexibility index (Phi) is 8.76. The van der Waals surface area contributed by atoms with Crippen LogP contribution in [0.15, 0.2) is 60.7 Å². The Hall–Kier alpha value is -3.71. The van der Waals surface area contributed by atoms with Gasteiger partial charge in [0.2, 0.25) is 11.8 Å². The van der Waals surface area contributed by atoms with Crippen molar-refractivity contribution in [3.8, 4) is 11.5 Å². The number of amides is 2. The molecule has 3 aromatic rings. The van der Waals surface area contributed by atoms with Crippen LogP contribution in [0.25, 0.3) is 0 Å². The topological polar surface area (TPSA) is 88.7 Å². The molecule has 2 amide bonds. The molecule has 0 aliphatic heterocycles. The summed E-state index contributed by atoms with van der Waals surface area (Å²) in [4.78, 5) is 25.4. The molecule has 0 radical (unpaired) electrons. The Morgan fingerprint density at radius 1 is 0.794 bits per heavy atom. The van der Waals surface area contributed by atoms with Gasteiger partial charge in [0.15, 0.2) is 0 Å². The molecule has 7 nitrogen and oxygen atoms in total. The summed E-state index contributed by atoms with van der Waals surface area (Å²) in [7, 11) is 0. The molecule has 0 spiro atoms. The summed E-state index contributed by atoms with van der Waals surface area (Å²) >= 11 is 6.17. The maximum absolute atomic E-state index is 12.7. The summed E-state index contributed by atoms with van der Waals surface area (Å²) in [6.07, 6.45) is -0.390.